The summed E-state index contributed by atoms with van der Waals surface area (Å²) >= 11 is 0. The molecule has 5 rings (SSSR count). The predicted octanol–water partition coefficient (Wildman–Crippen LogP) is 11.8. The van der Waals surface area contributed by atoms with Gasteiger partial charge >= 0.3 is 35.8 Å². The molecular weight excluding hydrogens is 909 g/mol. The van der Waals surface area contributed by atoms with Crippen LogP contribution in [0, 0.1) is 6.92 Å². The molecule has 0 radical (unpaired) electrons. The molecule has 0 aromatic heterocycles. The van der Waals surface area contributed by atoms with Gasteiger partial charge in [0.2, 0.25) is 0 Å². The molecule has 0 N–H and O–H groups in total. The van der Waals surface area contributed by atoms with Crippen molar-refractivity contribution in [3.8, 4) is 34.5 Å². The zero-order valence-corrected chi connectivity index (χ0v) is 40.1. The second-order valence-corrected chi connectivity index (χ2v) is 16.3. The third kappa shape index (κ3) is 19.5. The van der Waals surface area contributed by atoms with E-state index in [-0.39, 0.29) is 34.1 Å². The van der Waals surface area contributed by atoms with Crippen molar-refractivity contribution in [1.82, 2.24) is 0 Å². The van der Waals surface area contributed by atoms with Gasteiger partial charge in [-0.1, -0.05) is 70.6 Å². The van der Waals surface area contributed by atoms with E-state index in [0.29, 0.717) is 49.1 Å². The molecule has 71 heavy (non-hydrogen) atoms. The van der Waals surface area contributed by atoms with E-state index in [9.17, 15) is 28.8 Å². The lowest BCUT2D eigenvalue weighted by molar-refractivity contribution is -0.138. The number of carbonyl (C=O) groups excluding carboxylic acids is 6. The highest BCUT2D eigenvalue weighted by Crippen LogP contribution is 2.31. The molecule has 0 spiro atoms. The minimum Gasteiger partial charge on any atom is -0.494 e. The van der Waals surface area contributed by atoms with Crippen molar-refractivity contribution in [2.45, 2.75) is 84.0 Å². The van der Waals surface area contributed by atoms with E-state index >= 15 is 0 Å². The zero-order valence-electron chi connectivity index (χ0n) is 40.1. The lowest BCUT2D eigenvalue weighted by Crippen LogP contribution is -2.13. The van der Waals surface area contributed by atoms with Gasteiger partial charge in [0.1, 0.15) is 23.0 Å². The summed E-state index contributed by atoms with van der Waals surface area (Å²) in [5.41, 5.74) is 1.69. The van der Waals surface area contributed by atoms with E-state index in [1.165, 1.54) is 54.6 Å². The van der Waals surface area contributed by atoms with Crippen molar-refractivity contribution in [3.63, 3.8) is 0 Å². The minimum atomic E-state index is -0.738. The van der Waals surface area contributed by atoms with Crippen LogP contribution < -0.4 is 28.4 Å². The summed E-state index contributed by atoms with van der Waals surface area (Å²) in [6, 6.07) is 29.7. The Morgan fingerprint density at radius 1 is 0.366 bits per heavy atom. The molecule has 0 amide bonds. The topological polar surface area (TPSA) is 176 Å². The highest BCUT2D eigenvalue weighted by Gasteiger charge is 2.19. The maximum absolute atomic E-state index is 13.2. The molecular formula is C57H60O14. The van der Waals surface area contributed by atoms with E-state index in [1.54, 1.807) is 67.6 Å². The Labute approximate surface area is 414 Å². The fourth-order valence-electron chi connectivity index (χ4n) is 6.79. The van der Waals surface area contributed by atoms with Crippen LogP contribution in [0.15, 0.2) is 141 Å². The molecule has 0 unspecified atom stereocenters. The molecule has 372 valence electrons. The Morgan fingerprint density at radius 2 is 0.676 bits per heavy atom. The maximum atomic E-state index is 13.2. The molecule has 0 atom stereocenters. The Balaban J connectivity index is 1.01. The lowest BCUT2D eigenvalue weighted by Gasteiger charge is -2.12. The van der Waals surface area contributed by atoms with Crippen molar-refractivity contribution in [1.29, 1.82) is 0 Å². The first-order valence-corrected chi connectivity index (χ1v) is 23.7. The second-order valence-electron chi connectivity index (χ2n) is 16.3. The van der Waals surface area contributed by atoms with Crippen LogP contribution in [-0.4, -0.2) is 62.2 Å². The maximum Gasteiger partial charge on any atom is 0.343 e. The van der Waals surface area contributed by atoms with Gasteiger partial charge in [0, 0.05) is 12.2 Å². The molecule has 0 aliphatic rings. The van der Waals surface area contributed by atoms with Crippen molar-refractivity contribution in [2.75, 3.05) is 26.4 Å². The van der Waals surface area contributed by atoms with Crippen LogP contribution in [0.3, 0.4) is 0 Å². The third-order valence-electron chi connectivity index (χ3n) is 10.7. The summed E-state index contributed by atoms with van der Waals surface area (Å²) in [5.74, 6) is -1.73. The summed E-state index contributed by atoms with van der Waals surface area (Å²) in [6.07, 6.45) is 14.0. The van der Waals surface area contributed by atoms with Crippen molar-refractivity contribution in [2.24, 2.45) is 0 Å². The monoisotopic (exact) mass is 968 g/mol. The number of esters is 6. The van der Waals surface area contributed by atoms with Crippen LogP contribution in [0.25, 0.3) is 0 Å². The van der Waals surface area contributed by atoms with Crippen molar-refractivity contribution in [3.05, 3.63) is 168 Å². The third-order valence-corrected chi connectivity index (χ3v) is 10.7. The summed E-state index contributed by atoms with van der Waals surface area (Å²) < 4.78 is 43.9. The fourth-order valence-corrected chi connectivity index (χ4v) is 6.79. The Morgan fingerprint density at radius 3 is 1.04 bits per heavy atom. The number of rotatable bonds is 30. The number of unbranched alkanes of at least 4 members (excludes halogenated alkanes) is 10. The molecule has 0 saturated heterocycles. The average molecular weight is 969 g/mol. The zero-order chi connectivity index (χ0) is 50.6. The van der Waals surface area contributed by atoms with Crippen molar-refractivity contribution < 1.29 is 66.7 Å². The number of hydrogen-bond acceptors (Lipinski definition) is 14. The molecule has 0 aliphatic heterocycles. The van der Waals surface area contributed by atoms with Gasteiger partial charge in [-0.05, 0) is 147 Å². The second kappa shape index (κ2) is 29.8. The molecule has 0 bridgehead atoms. The van der Waals surface area contributed by atoms with E-state index in [1.807, 2.05) is 0 Å². The van der Waals surface area contributed by atoms with Gasteiger partial charge in [0.15, 0.2) is 11.5 Å². The molecule has 14 heteroatoms. The molecule has 5 aromatic carbocycles. The van der Waals surface area contributed by atoms with Crippen LogP contribution >= 0.6 is 0 Å². The van der Waals surface area contributed by atoms with E-state index in [2.05, 4.69) is 13.2 Å². The first-order chi connectivity index (χ1) is 34.5. The summed E-state index contributed by atoms with van der Waals surface area (Å²) in [4.78, 5) is 74.3. The smallest absolute Gasteiger partial charge is 0.343 e. The van der Waals surface area contributed by atoms with Crippen LogP contribution in [-0.2, 0) is 19.1 Å². The number of ether oxygens (including phenoxy) is 8. The van der Waals surface area contributed by atoms with E-state index in [4.69, 9.17) is 37.9 Å². The Hall–Kier alpha value is -8.00. The quantitative estimate of drug-likeness (QED) is 0.0184. The lowest BCUT2D eigenvalue weighted by atomic mass is 10.1. The average Bonchev–Trinajstić information content (AvgIpc) is 3.38. The van der Waals surface area contributed by atoms with E-state index in [0.717, 1.165) is 94.8 Å². The number of aryl methyl sites for hydroxylation is 1. The molecule has 0 aliphatic carbocycles. The SMILES string of the molecule is C=CC(=O)OCCCCCCCCOc1ccc(C(=O)Oc2ccc(C(=O)Oc3ccc(C)cc3OC(=O)c3ccc(OC(=O)c4ccc(OCCCCCCCCOC(=O)C=C)cc4)cc3)cc2)cc1. The van der Waals surface area contributed by atoms with Crippen molar-refractivity contribution >= 4 is 35.8 Å². The van der Waals surface area contributed by atoms with E-state index < -0.39 is 35.8 Å². The molecule has 5 aromatic rings. The van der Waals surface area contributed by atoms with Crippen LogP contribution in [0.1, 0.15) is 124 Å². The number of benzene rings is 5. The number of hydrogen-bond donors (Lipinski definition) is 0. The standard InChI is InChI=1S/C57H60O14/c1-4-52(58)66-38-16-12-8-6-10-14-36-64-46-27-19-42(20-28-46)54(60)68-48-31-23-44(24-32-48)56(62)70-50-35-18-41(3)40-51(50)71-57(63)45-25-33-49(34-26-45)69-55(61)43-21-29-47(30-22-43)65-37-15-11-7-9-13-17-39-67-53(59)5-2/h4-5,18-35,40H,1-2,6-17,36-39H2,3H3. The summed E-state index contributed by atoms with van der Waals surface area (Å²) in [6.45, 7) is 10.5. The van der Waals surface area contributed by atoms with Gasteiger partial charge in [-0.25, -0.2) is 28.8 Å². The van der Waals surface area contributed by atoms with Gasteiger partial charge < -0.3 is 37.9 Å². The molecule has 0 saturated carbocycles. The highest BCUT2D eigenvalue weighted by molar-refractivity contribution is 5.95. The van der Waals surface area contributed by atoms with Gasteiger partial charge in [-0.3, -0.25) is 0 Å². The molecule has 0 fully saturated rings. The normalized spacial score (nSPS) is 10.5. The Bertz CT molecular complexity index is 2530. The first kappa shape index (κ1) is 53.9. The van der Waals surface area contributed by atoms with Crippen LogP contribution in [0.4, 0.5) is 0 Å². The molecule has 14 nitrogen and oxygen atoms in total. The fraction of sp³-hybridized carbons (Fsp3) is 0.298. The Kier molecular flexibility index (Phi) is 22.6. The summed E-state index contributed by atoms with van der Waals surface area (Å²) in [5, 5.41) is 0. The van der Waals surface area contributed by atoms with Gasteiger partial charge in [0.25, 0.3) is 0 Å². The summed E-state index contributed by atoms with van der Waals surface area (Å²) in [7, 11) is 0. The molecule has 0 heterocycles. The highest BCUT2D eigenvalue weighted by atomic mass is 16.6. The van der Waals surface area contributed by atoms with Gasteiger partial charge in [0.05, 0.1) is 48.7 Å². The number of carbonyl (C=O) groups is 6. The van der Waals surface area contributed by atoms with Gasteiger partial charge in [-0.2, -0.15) is 0 Å². The van der Waals surface area contributed by atoms with Crippen LogP contribution in [0.5, 0.6) is 34.5 Å². The van der Waals surface area contributed by atoms with Gasteiger partial charge in [-0.15, -0.1) is 0 Å². The van der Waals surface area contributed by atoms with Crippen LogP contribution in [0.2, 0.25) is 0 Å². The largest absolute Gasteiger partial charge is 0.494 e. The predicted molar refractivity (Wildman–Crippen MR) is 265 cm³/mol. The first-order valence-electron chi connectivity index (χ1n) is 23.7. The minimum absolute atomic E-state index is 0.00485.